The first-order valence-electron chi connectivity index (χ1n) is 8.99. The molecular formula is C22H17N3O3S2. The van der Waals surface area contributed by atoms with Crippen molar-refractivity contribution in [2.24, 2.45) is 0 Å². The van der Waals surface area contributed by atoms with E-state index in [1.165, 1.54) is 18.4 Å². The Morgan fingerprint density at radius 3 is 2.63 bits per heavy atom. The Bertz CT molecular complexity index is 1220. The molecule has 0 spiro atoms. The zero-order valence-electron chi connectivity index (χ0n) is 15.9. The molecule has 0 saturated carbocycles. The van der Waals surface area contributed by atoms with Gasteiger partial charge in [-0.1, -0.05) is 24.3 Å². The highest BCUT2D eigenvalue weighted by atomic mass is 32.1. The number of para-hydroxylation sites is 2. The number of rotatable bonds is 4. The summed E-state index contributed by atoms with van der Waals surface area (Å²) in [4.78, 5) is 17.0. The normalized spacial score (nSPS) is 10.6. The number of phenolic OH excluding ortho intramolecular Hbond substituents is 1. The Kier molecular flexibility index (Phi) is 5.60. The number of thiocarbonyl (C=S) groups is 1. The topological polar surface area (TPSA) is 83.5 Å². The second-order valence-electron chi connectivity index (χ2n) is 6.33. The lowest BCUT2D eigenvalue weighted by Gasteiger charge is -2.12. The minimum absolute atomic E-state index is 0.0675. The van der Waals surface area contributed by atoms with E-state index in [9.17, 15) is 9.90 Å². The number of carbonyl (C=O) groups is 1. The summed E-state index contributed by atoms with van der Waals surface area (Å²) < 4.78 is 6.25. The van der Waals surface area contributed by atoms with Crippen LogP contribution in [-0.2, 0) is 0 Å². The third-order valence-corrected chi connectivity index (χ3v) is 5.63. The molecule has 8 heteroatoms. The molecule has 0 unspecified atom stereocenters. The predicted octanol–water partition coefficient (Wildman–Crippen LogP) is 4.80. The summed E-state index contributed by atoms with van der Waals surface area (Å²) in [5.74, 6) is 0.133. The van der Waals surface area contributed by atoms with Crippen molar-refractivity contribution < 1.29 is 14.6 Å². The van der Waals surface area contributed by atoms with E-state index in [1.807, 2.05) is 24.3 Å². The van der Waals surface area contributed by atoms with E-state index >= 15 is 0 Å². The van der Waals surface area contributed by atoms with Crippen molar-refractivity contribution in [3.63, 3.8) is 0 Å². The van der Waals surface area contributed by atoms with Crippen molar-refractivity contribution in [1.82, 2.24) is 10.3 Å². The highest BCUT2D eigenvalue weighted by Gasteiger charge is 2.14. The molecule has 0 aliphatic heterocycles. The van der Waals surface area contributed by atoms with Crippen molar-refractivity contribution in [2.45, 2.75) is 0 Å². The standard InChI is InChI=1S/C22H17N3O3S2/c1-28-18-8-4-2-6-15(18)20(27)25-22(29)23-13-10-11-14(17(26)12-13)21-24-16-7-3-5-9-19(16)30-21/h2-12,26H,1H3,(H2,23,25,27,29). The van der Waals surface area contributed by atoms with Gasteiger partial charge in [-0.3, -0.25) is 10.1 Å². The SMILES string of the molecule is COc1ccccc1C(=O)NC(=S)Nc1ccc(-c2nc3ccccc3s2)c(O)c1. The molecular weight excluding hydrogens is 418 g/mol. The van der Waals surface area contributed by atoms with E-state index < -0.39 is 0 Å². The number of aromatic nitrogens is 1. The number of benzene rings is 3. The Morgan fingerprint density at radius 1 is 1.10 bits per heavy atom. The summed E-state index contributed by atoms with van der Waals surface area (Å²) in [5, 5.41) is 16.8. The van der Waals surface area contributed by atoms with Crippen LogP contribution in [0.25, 0.3) is 20.8 Å². The van der Waals surface area contributed by atoms with Crippen LogP contribution < -0.4 is 15.4 Å². The summed E-state index contributed by atoms with van der Waals surface area (Å²) in [6.07, 6.45) is 0. The number of nitrogens with one attached hydrogen (secondary N) is 2. The number of aromatic hydroxyl groups is 1. The fourth-order valence-corrected chi connectivity index (χ4v) is 4.15. The van der Waals surface area contributed by atoms with Gasteiger partial charge in [0.25, 0.3) is 5.91 Å². The van der Waals surface area contributed by atoms with E-state index in [1.54, 1.807) is 42.5 Å². The van der Waals surface area contributed by atoms with Gasteiger partial charge in [0, 0.05) is 11.8 Å². The van der Waals surface area contributed by atoms with Crippen LogP contribution in [0.1, 0.15) is 10.4 Å². The minimum Gasteiger partial charge on any atom is -0.507 e. The second-order valence-corrected chi connectivity index (χ2v) is 7.77. The molecule has 0 aliphatic rings. The van der Waals surface area contributed by atoms with Crippen LogP contribution in [0.15, 0.2) is 66.7 Å². The summed E-state index contributed by atoms with van der Waals surface area (Å²) in [6.45, 7) is 0. The molecule has 0 atom stereocenters. The fourth-order valence-electron chi connectivity index (χ4n) is 2.94. The van der Waals surface area contributed by atoms with Crippen LogP contribution in [0.4, 0.5) is 5.69 Å². The first-order valence-corrected chi connectivity index (χ1v) is 10.2. The molecule has 6 nitrogen and oxygen atoms in total. The number of nitrogens with zero attached hydrogens (tertiary/aromatic N) is 1. The van der Waals surface area contributed by atoms with Crippen molar-refractivity contribution >= 4 is 50.5 Å². The summed E-state index contributed by atoms with van der Waals surface area (Å²) in [6, 6.07) is 19.8. The molecule has 30 heavy (non-hydrogen) atoms. The zero-order chi connectivity index (χ0) is 21.1. The number of ether oxygens (including phenoxy) is 1. The molecule has 0 aliphatic carbocycles. The summed E-state index contributed by atoms with van der Waals surface area (Å²) >= 11 is 6.74. The fraction of sp³-hybridized carbons (Fsp3) is 0.0455. The largest absolute Gasteiger partial charge is 0.507 e. The number of amides is 1. The predicted molar refractivity (Wildman–Crippen MR) is 123 cm³/mol. The lowest BCUT2D eigenvalue weighted by Crippen LogP contribution is -2.34. The molecule has 0 fully saturated rings. The highest BCUT2D eigenvalue weighted by Crippen LogP contribution is 2.36. The van der Waals surface area contributed by atoms with E-state index in [2.05, 4.69) is 15.6 Å². The van der Waals surface area contributed by atoms with Gasteiger partial charge in [-0.2, -0.15) is 0 Å². The molecule has 1 aromatic heterocycles. The number of anilines is 1. The van der Waals surface area contributed by atoms with Gasteiger partial charge in [-0.05, 0) is 48.6 Å². The zero-order valence-corrected chi connectivity index (χ0v) is 17.5. The van der Waals surface area contributed by atoms with Gasteiger partial charge in [0.05, 0.1) is 28.5 Å². The number of fused-ring (bicyclic) bond motifs is 1. The minimum atomic E-state index is -0.389. The molecule has 0 bridgehead atoms. The first kappa shape index (κ1) is 19.8. The average Bonchev–Trinajstić information content (AvgIpc) is 3.17. The third-order valence-electron chi connectivity index (χ3n) is 4.36. The van der Waals surface area contributed by atoms with Crippen LogP contribution in [0.2, 0.25) is 0 Å². The number of thiazole rings is 1. The summed E-state index contributed by atoms with van der Waals surface area (Å²) in [7, 11) is 1.50. The molecule has 0 saturated heterocycles. The lowest BCUT2D eigenvalue weighted by molar-refractivity contribution is 0.0975. The monoisotopic (exact) mass is 435 g/mol. The molecule has 150 valence electrons. The van der Waals surface area contributed by atoms with Crippen LogP contribution in [-0.4, -0.2) is 28.2 Å². The van der Waals surface area contributed by atoms with Crippen LogP contribution in [0.3, 0.4) is 0 Å². The number of hydrogen-bond acceptors (Lipinski definition) is 6. The van der Waals surface area contributed by atoms with Gasteiger partial charge in [0.1, 0.15) is 16.5 Å². The Morgan fingerprint density at radius 2 is 1.87 bits per heavy atom. The molecule has 1 heterocycles. The Balaban J connectivity index is 1.48. The van der Waals surface area contributed by atoms with Gasteiger partial charge < -0.3 is 15.2 Å². The smallest absolute Gasteiger partial charge is 0.261 e. The van der Waals surface area contributed by atoms with Gasteiger partial charge in [0.15, 0.2) is 5.11 Å². The summed E-state index contributed by atoms with van der Waals surface area (Å²) in [5.41, 5.74) is 2.44. The molecule has 0 radical (unpaired) electrons. The number of methoxy groups -OCH3 is 1. The van der Waals surface area contributed by atoms with E-state index in [-0.39, 0.29) is 16.8 Å². The van der Waals surface area contributed by atoms with Crippen LogP contribution in [0.5, 0.6) is 11.5 Å². The highest BCUT2D eigenvalue weighted by molar-refractivity contribution is 7.80. The van der Waals surface area contributed by atoms with Gasteiger partial charge in [-0.25, -0.2) is 4.98 Å². The van der Waals surface area contributed by atoms with Crippen molar-refractivity contribution in [2.75, 3.05) is 12.4 Å². The average molecular weight is 436 g/mol. The van der Waals surface area contributed by atoms with Crippen LogP contribution in [0, 0.1) is 0 Å². The molecule has 1 amide bonds. The molecule has 4 aromatic rings. The maximum atomic E-state index is 12.4. The van der Waals surface area contributed by atoms with Gasteiger partial charge >= 0.3 is 0 Å². The van der Waals surface area contributed by atoms with E-state index in [0.29, 0.717) is 22.6 Å². The second kappa shape index (κ2) is 8.48. The first-order chi connectivity index (χ1) is 14.5. The third kappa shape index (κ3) is 4.10. The Labute approximate surface area is 182 Å². The lowest BCUT2D eigenvalue weighted by atomic mass is 10.2. The number of phenols is 1. The van der Waals surface area contributed by atoms with E-state index in [4.69, 9.17) is 17.0 Å². The number of hydrogen-bond donors (Lipinski definition) is 3. The molecule has 3 aromatic carbocycles. The quantitative estimate of drug-likeness (QED) is 0.399. The van der Waals surface area contributed by atoms with Crippen LogP contribution >= 0.6 is 23.6 Å². The maximum absolute atomic E-state index is 12.4. The van der Waals surface area contributed by atoms with E-state index in [0.717, 1.165) is 15.2 Å². The van der Waals surface area contributed by atoms with Crippen molar-refractivity contribution in [1.29, 1.82) is 0 Å². The van der Waals surface area contributed by atoms with Gasteiger partial charge in [-0.15, -0.1) is 11.3 Å². The maximum Gasteiger partial charge on any atom is 0.261 e. The van der Waals surface area contributed by atoms with Gasteiger partial charge in [0.2, 0.25) is 0 Å². The van der Waals surface area contributed by atoms with Crippen molar-refractivity contribution in [3.05, 3.63) is 72.3 Å². The Hall–Kier alpha value is -3.49. The molecule has 3 N–H and O–H groups in total. The van der Waals surface area contributed by atoms with Crippen molar-refractivity contribution in [3.8, 4) is 22.1 Å². The molecule has 4 rings (SSSR count). The number of carbonyl (C=O) groups excluding carboxylic acids is 1.